The highest BCUT2D eigenvalue weighted by molar-refractivity contribution is 6.25. The van der Waals surface area contributed by atoms with Crippen LogP contribution in [0.4, 0.5) is 23.2 Å². The number of benzene rings is 1. The van der Waals surface area contributed by atoms with E-state index >= 15 is 0 Å². The van der Waals surface area contributed by atoms with Gasteiger partial charge >= 0.3 is 11.7 Å². The number of Topliss-reactive ketones (excluding diaryl/α,β-unsaturated/α-hetero) is 1. The summed E-state index contributed by atoms with van der Waals surface area (Å²) >= 11 is 0. The van der Waals surface area contributed by atoms with Crippen molar-refractivity contribution in [1.82, 2.24) is 0 Å². The molecule has 0 radical (unpaired) electrons. The summed E-state index contributed by atoms with van der Waals surface area (Å²) in [5, 5.41) is 11.1. The van der Waals surface area contributed by atoms with Crippen molar-refractivity contribution in [1.29, 1.82) is 0 Å². The molecule has 0 atom stereocenters. The Balaban J connectivity index is 3.77. The van der Waals surface area contributed by atoms with E-state index in [9.17, 15) is 37.3 Å². The molecule has 27 heavy (non-hydrogen) atoms. The number of nitro benzene ring substituents is 1. The average molecular weight is 395 g/mol. The Labute approximate surface area is 149 Å². The Kier molecular flexibility index (Phi) is 7.69. The van der Waals surface area contributed by atoms with E-state index in [4.69, 9.17) is 4.74 Å². The number of esters is 1. The molecule has 0 unspecified atom stereocenters. The van der Waals surface area contributed by atoms with Crippen LogP contribution in [0.3, 0.4) is 0 Å². The standard InChI is InChI=1S/C15H13F4NO7/c1-3-25-5-7(15(22)26-4-2)13(21)8-9(17)14(27-6-16)11(19)10(18)12(8)20(23)24/h5H,3-4,6H2,1-2H3. The SMILES string of the molecule is CCOC=C(C(=O)OCC)C(=O)c1c(F)c(OCF)c(F)c(F)c1[N+](=O)[O-]. The van der Waals surface area contributed by atoms with E-state index in [1.807, 2.05) is 0 Å². The Morgan fingerprint density at radius 3 is 2.22 bits per heavy atom. The number of rotatable bonds is 9. The summed E-state index contributed by atoms with van der Waals surface area (Å²) in [7, 11) is 0. The Hall–Kier alpha value is -3.18. The van der Waals surface area contributed by atoms with Crippen molar-refractivity contribution >= 4 is 17.4 Å². The summed E-state index contributed by atoms with van der Waals surface area (Å²) in [5.41, 5.74) is -4.58. The van der Waals surface area contributed by atoms with E-state index < -0.39 is 63.6 Å². The quantitative estimate of drug-likeness (QED) is 0.0605. The first kappa shape index (κ1) is 21.9. The van der Waals surface area contributed by atoms with Gasteiger partial charge in [0.25, 0.3) is 0 Å². The van der Waals surface area contributed by atoms with Crippen molar-refractivity contribution in [3.8, 4) is 5.75 Å². The van der Waals surface area contributed by atoms with Crippen LogP contribution in [0.1, 0.15) is 24.2 Å². The van der Waals surface area contributed by atoms with Gasteiger partial charge in [-0.05, 0) is 13.8 Å². The zero-order valence-corrected chi connectivity index (χ0v) is 14.0. The third-order valence-electron chi connectivity index (χ3n) is 2.97. The molecule has 148 valence electrons. The van der Waals surface area contributed by atoms with E-state index in [-0.39, 0.29) is 13.2 Å². The molecule has 0 N–H and O–H groups in total. The maximum atomic E-state index is 14.5. The molecule has 0 aromatic heterocycles. The van der Waals surface area contributed by atoms with Gasteiger partial charge in [-0.3, -0.25) is 14.9 Å². The molecule has 1 rings (SSSR count). The maximum absolute atomic E-state index is 14.5. The third kappa shape index (κ3) is 4.51. The zero-order valence-electron chi connectivity index (χ0n) is 14.0. The Morgan fingerprint density at radius 1 is 1.11 bits per heavy atom. The molecule has 0 aliphatic rings. The second kappa shape index (κ2) is 9.50. The number of halogens is 4. The van der Waals surface area contributed by atoms with Crippen molar-refractivity contribution < 1.29 is 46.3 Å². The van der Waals surface area contributed by atoms with Crippen molar-refractivity contribution in [2.24, 2.45) is 0 Å². The van der Waals surface area contributed by atoms with Gasteiger partial charge in [0, 0.05) is 0 Å². The van der Waals surface area contributed by atoms with E-state index in [1.165, 1.54) is 13.8 Å². The minimum absolute atomic E-state index is 0.0608. The highest BCUT2D eigenvalue weighted by atomic mass is 19.2. The molecule has 0 saturated carbocycles. The number of hydrogen-bond donors (Lipinski definition) is 0. The summed E-state index contributed by atoms with van der Waals surface area (Å²) in [5.74, 6) is -11.3. The zero-order chi connectivity index (χ0) is 20.7. The number of ketones is 1. The summed E-state index contributed by atoms with van der Waals surface area (Å²) in [6, 6.07) is 0. The van der Waals surface area contributed by atoms with Crippen LogP contribution in [0.5, 0.6) is 5.75 Å². The molecule has 0 bridgehead atoms. The molecule has 0 aliphatic heterocycles. The van der Waals surface area contributed by atoms with Gasteiger partial charge in [0.15, 0.2) is 11.6 Å². The van der Waals surface area contributed by atoms with Gasteiger partial charge in [-0.25, -0.2) is 13.6 Å². The number of nitro groups is 1. The summed E-state index contributed by atoms with van der Waals surface area (Å²) in [6.45, 7) is 0.715. The largest absolute Gasteiger partial charge is 0.500 e. The molecule has 1 aromatic carbocycles. The number of carbonyl (C=O) groups is 2. The van der Waals surface area contributed by atoms with Crippen LogP contribution in [0.15, 0.2) is 11.8 Å². The summed E-state index contributed by atoms with van der Waals surface area (Å²) < 4.78 is 67.8. The van der Waals surface area contributed by atoms with Gasteiger partial charge in [0.1, 0.15) is 17.4 Å². The molecule has 0 amide bonds. The Morgan fingerprint density at radius 2 is 1.74 bits per heavy atom. The highest BCUT2D eigenvalue weighted by Crippen LogP contribution is 2.37. The predicted molar refractivity (Wildman–Crippen MR) is 80.2 cm³/mol. The summed E-state index contributed by atoms with van der Waals surface area (Å²) in [4.78, 5) is 33.9. The fraction of sp³-hybridized carbons (Fsp3) is 0.333. The Bertz CT molecular complexity index is 795. The predicted octanol–water partition coefficient (Wildman–Crippen LogP) is 2.98. The average Bonchev–Trinajstić information content (AvgIpc) is 2.61. The number of nitrogens with zero attached hydrogens (tertiary/aromatic N) is 1. The van der Waals surface area contributed by atoms with E-state index in [1.54, 1.807) is 0 Å². The van der Waals surface area contributed by atoms with Crippen molar-refractivity contribution in [3.63, 3.8) is 0 Å². The third-order valence-corrected chi connectivity index (χ3v) is 2.97. The molecule has 0 heterocycles. The van der Waals surface area contributed by atoms with E-state index in [2.05, 4.69) is 9.47 Å². The number of carbonyl (C=O) groups excluding carboxylic acids is 2. The number of hydrogen-bond acceptors (Lipinski definition) is 7. The van der Waals surface area contributed by atoms with Crippen molar-refractivity contribution in [2.45, 2.75) is 13.8 Å². The van der Waals surface area contributed by atoms with Gasteiger partial charge in [0.05, 0.1) is 18.1 Å². The lowest BCUT2D eigenvalue weighted by Gasteiger charge is -2.12. The van der Waals surface area contributed by atoms with Gasteiger partial charge in [0.2, 0.25) is 24.3 Å². The topological polar surface area (TPSA) is 105 Å². The van der Waals surface area contributed by atoms with Crippen LogP contribution in [-0.2, 0) is 14.3 Å². The molecule has 1 aromatic rings. The first-order chi connectivity index (χ1) is 12.7. The number of alkyl halides is 1. The van der Waals surface area contributed by atoms with E-state index in [0.717, 1.165) is 0 Å². The fourth-order valence-electron chi connectivity index (χ4n) is 1.89. The second-order valence-corrected chi connectivity index (χ2v) is 4.54. The molecular weight excluding hydrogens is 382 g/mol. The smallest absolute Gasteiger partial charge is 0.345 e. The first-order valence-electron chi connectivity index (χ1n) is 7.29. The molecule has 0 spiro atoms. The lowest BCUT2D eigenvalue weighted by atomic mass is 10.0. The van der Waals surface area contributed by atoms with Gasteiger partial charge in [-0.15, -0.1) is 0 Å². The van der Waals surface area contributed by atoms with Crippen LogP contribution >= 0.6 is 0 Å². The molecular formula is C15H13F4NO7. The van der Waals surface area contributed by atoms with E-state index in [0.29, 0.717) is 6.26 Å². The summed E-state index contributed by atoms with van der Waals surface area (Å²) in [6.07, 6.45) is 0.528. The van der Waals surface area contributed by atoms with Crippen LogP contribution in [0, 0.1) is 27.6 Å². The van der Waals surface area contributed by atoms with Gasteiger partial charge in [-0.1, -0.05) is 0 Å². The molecule has 12 heteroatoms. The lowest BCUT2D eigenvalue weighted by Crippen LogP contribution is -2.20. The molecule has 8 nitrogen and oxygen atoms in total. The maximum Gasteiger partial charge on any atom is 0.345 e. The molecule has 0 saturated heterocycles. The molecule has 0 fully saturated rings. The van der Waals surface area contributed by atoms with Gasteiger partial charge < -0.3 is 14.2 Å². The van der Waals surface area contributed by atoms with Crippen LogP contribution < -0.4 is 4.74 Å². The van der Waals surface area contributed by atoms with Crippen LogP contribution in [-0.4, -0.2) is 36.8 Å². The first-order valence-corrected chi connectivity index (χ1v) is 7.29. The fourth-order valence-corrected chi connectivity index (χ4v) is 1.89. The molecule has 0 aliphatic carbocycles. The minimum Gasteiger partial charge on any atom is -0.500 e. The van der Waals surface area contributed by atoms with Crippen molar-refractivity contribution in [3.05, 3.63) is 45.0 Å². The second-order valence-electron chi connectivity index (χ2n) is 4.54. The minimum atomic E-state index is -2.27. The highest BCUT2D eigenvalue weighted by Gasteiger charge is 2.39. The van der Waals surface area contributed by atoms with Gasteiger partial charge in [-0.2, -0.15) is 8.78 Å². The van der Waals surface area contributed by atoms with Crippen LogP contribution in [0.25, 0.3) is 0 Å². The number of ether oxygens (including phenoxy) is 3. The van der Waals surface area contributed by atoms with Crippen LogP contribution in [0.2, 0.25) is 0 Å². The monoisotopic (exact) mass is 395 g/mol. The normalized spacial score (nSPS) is 11.1. The lowest BCUT2D eigenvalue weighted by molar-refractivity contribution is -0.388. The van der Waals surface area contributed by atoms with Crippen molar-refractivity contribution in [2.75, 3.05) is 20.1 Å².